The number of ether oxygens (including phenoxy) is 1. The van der Waals surface area contributed by atoms with Gasteiger partial charge in [0.15, 0.2) is 17.4 Å². The molecule has 0 aliphatic heterocycles. The van der Waals surface area contributed by atoms with Crippen LogP contribution in [-0.4, -0.2) is 60.2 Å². The normalized spacial score (nSPS) is 17.7. The minimum absolute atomic E-state index is 0.148. The molecule has 0 amide bonds. The molecule has 39 heavy (non-hydrogen) atoms. The number of anilines is 2. The van der Waals surface area contributed by atoms with Crippen molar-refractivity contribution in [2.24, 2.45) is 0 Å². The van der Waals surface area contributed by atoms with Crippen molar-refractivity contribution in [3.05, 3.63) is 54.1 Å². The molecule has 0 unspecified atom stereocenters. The highest BCUT2D eigenvalue weighted by Crippen LogP contribution is 2.36. The van der Waals surface area contributed by atoms with E-state index in [0.29, 0.717) is 29.3 Å². The van der Waals surface area contributed by atoms with Crippen molar-refractivity contribution in [1.29, 1.82) is 0 Å². The fourth-order valence-corrected chi connectivity index (χ4v) is 5.62. The van der Waals surface area contributed by atoms with Crippen LogP contribution >= 0.6 is 0 Å². The van der Waals surface area contributed by atoms with Crippen molar-refractivity contribution in [1.82, 2.24) is 19.9 Å². The summed E-state index contributed by atoms with van der Waals surface area (Å²) in [6, 6.07) is 6.18. The summed E-state index contributed by atoms with van der Waals surface area (Å²) in [6.07, 6.45) is 7.20. The molecule has 1 fully saturated rings. The molecule has 9 nitrogen and oxygen atoms in total. The van der Waals surface area contributed by atoms with Gasteiger partial charge < -0.3 is 15.0 Å². The second-order valence-corrected chi connectivity index (χ2v) is 11.5. The van der Waals surface area contributed by atoms with Crippen LogP contribution < -0.4 is 14.8 Å². The molecule has 2 heterocycles. The molecule has 1 aromatic carbocycles. The first-order chi connectivity index (χ1) is 18.6. The number of sulfonamides is 1. The molecule has 13 heteroatoms. The molecule has 4 rings (SSSR count). The average Bonchev–Trinajstić information content (AvgIpc) is 2.90. The van der Waals surface area contributed by atoms with E-state index in [4.69, 9.17) is 4.74 Å². The maximum atomic E-state index is 14.9. The van der Waals surface area contributed by atoms with Crippen LogP contribution in [0.2, 0.25) is 0 Å². The molecule has 1 saturated carbocycles. The molecule has 3 aromatic rings. The van der Waals surface area contributed by atoms with Crippen molar-refractivity contribution in [3.63, 3.8) is 0 Å². The zero-order valence-corrected chi connectivity index (χ0v) is 22.7. The Labute approximate surface area is 225 Å². The number of rotatable bonds is 10. The van der Waals surface area contributed by atoms with E-state index in [1.165, 1.54) is 6.20 Å². The number of nitrogens with zero attached hydrogens (tertiary/aromatic N) is 4. The molecule has 210 valence electrons. The SMILES string of the molecule is CCCS(=O)(=O)Nc1c(F)cc(Oc2ncccc2-c2ccnc(NC3CCC(N(C)C)CC3)n2)c(F)c1F. The molecule has 0 spiro atoms. The number of pyridine rings is 1. The summed E-state index contributed by atoms with van der Waals surface area (Å²) in [5, 5.41) is 3.36. The Hall–Kier alpha value is -3.45. The highest BCUT2D eigenvalue weighted by atomic mass is 32.2. The Kier molecular flexibility index (Phi) is 8.90. The van der Waals surface area contributed by atoms with Crippen LogP contribution in [0.25, 0.3) is 11.3 Å². The molecule has 0 radical (unpaired) electrons. The largest absolute Gasteiger partial charge is 0.435 e. The first-order valence-corrected chi connectivity index (χ1v) is 14.3. The van der Waals surface area contributed by atoms with Gasteiger partial charge in [0.05, 0.1) is 17.0 Å². The van der Waals surface area contributed by atoms with Gasteiger partial charge in [-0.2, -0.15) is 4.39 Å². The van der Waals surface area contributed by atoms with Crippen molar-refractivity contribution >= 4 is 21.7 Å². The lowest BCUT2D eigenvalue weighted by Gasteiger charge is -2.32. The van der Waals surface area contributed by atoms with Gasteiger partial charge in [-0.1, -0.05) is 6.92 Å². The second-order valence-electron chi connectivity index (χ2n) is 9.62. The Morgan fingerprint density at radius 2 is 1.79 bits per heavy atom. The van der Waals surface area contributed by atoms with Gasteiger partial charge in [-0.25, -0.2) is 32.2 Å². The number of nitrogens with one attached hydrogen (secondary N) is 2. The number of hydrogen-bond acceptors (Lipinski definition) is 8. The fraction of sp³-hybridized carbons (Fsp3) is 0.423. The summed E-state index contributed by atoms with van der Waals surface area (Å²) in [5.41, 5.74) is -0.365. The smallest absolute Gasteiger partial charge is 0.232 e. The lowest BCUT2D eigenvalue weighted by Crippen LogP contribution is -2.36. The third-order valence-corrected chi connectivity index (χ3v) is 7.99. The van der Waals surface area contributed by atoms with Crippen LogP contribution in [0.5, 0.6) is 11.6 Å². The first kappa shape index (κ1) is 28.6. The number of aromatic nitrogens is 3. The van der Waals surface area contributed by atoms with Gasteiger partial charge in [0.2, 0.25) is 27.7 Å². The highest BCUT2D eigenvalue weighted by molar-refractivity contribution is 7.92. The van der Waals surface area contributed by atoms with Gasteiger partial charge in [0, 0.05) is 30.5 Å². The van der Waals surface area contributed by atoms with Gasteiger partial charge >= 0.3 is 0 Å². The monoisotopic (exact) mass is 564 g/mol. The molecule has 0 bridgehead atoms. The Morgan fingerprint density at radius 3 is 2.49 bits per heavy atom. The standard InChI is InChI=1S/C26H31F3N6O3S/c1-4-14-39(36,37)34-24-19(27)15-21(22(28)23(24)29)38-25-18(6-5-12-30-25)20-11-13-31-26(33-20)32-16-7-9-17(10-8-16)35(2)3/h5-6,11-13,15-17,34H,4,7-10,14H2,1-3H3,(H,31,32,33). The third-order valence-electron chi connectivity index (χ3n) is 6.53. The van der Waals surface area contributed by atoms with Gasteiger partial charge in [-0.3, -0.25) is 4.72 Å². The molecule has 1 aliphatic rings. The Morgan fingerprint density at radius 1 is 1.05 bits per heavy atom. The molecule has 0 atom stereocenters. The predicted octanol–water partition coefficient (Wildman–Crippen LogP) is 5.18. The molecular weight excluding hydrogens is 533 g/mol. The van der Waals surface area contributed by atoms with Crippen molar-refractivity contribution in [3.8, 4) is 22.9 Å². The minimum atomic E-state index is -4.05. The zero-order valence-electron chi connectivity index (χ0n) is 21.9. The van der Waals surface area contributed by atoms with E-state index < -0.39 is 38.9 Å². The van der Waals surface area contributed by atoms with Gasteiger partial charge in [-0.05, 0) is 64.4 Å². The molecular formula is C26H31F3N6O3S. The van der Waals surface area contributed by atoms with Crippen molar-refractivity contribution in [2.45, 2.75) is 51.1 Å². The second kappa shape index (κ2) is 12.2. The van der Waals surface area contributed by atoms with E-state index in [2.05, 4.69) is 39.3 Å². The number of hydrogen-bond donors (Lipinski definition) is 2. The molecule has 2 aromatic heterocycles. The van der Waals surface area contributed by atoms with Crippen molar-refractivity contribution < 1.29 is 26.3 Å². The van der Waals surface area contributed by atoms with Gasteiger partial charge in [-0.15, -0.1) is 0 Å². The third kappa shape index (κ3) is 6.95. The lowest BCUT2D eigenvalue weighted by molar-refractivity contribution is 0.221. The van der Waals surface area contributed by atoms with E-state index in [-0.39, 0.29) is 24.1 Å². The van der Waals surface area contributed by atoms with E-state index in [1.54, 1.807) is 36.0 Å². The van der Waals surface area contributed by atoms with Crippen LogP contribution in [-0.2, 0) is 10.0 Å². The maximum Gasteiger partial charge on any atom is 0.232 e. The average molecular weight is 565 g/mol. The summed E-state index contributed by atoms with van der Waals surface area (Å²) >= 11 is 0. The zero-order chi connectivity index (χ0) is 28.2. The van der Waals surface area contributed by atoms with Gasteiger partial charge in [0.1, 0.15) is 5.69 Å². The summed E-state index contributed by atoms with van der Waals surface area (Å²) in [4.78, 5) is 15.2. The summed E-state index contributed by atoms with van der Waals surface area (Å²) < 4.78 is 75.4. The molecule has 1 aliphatic carbocycles. The molecule has 0 saturated heterocycles. The van der Waals surface area contributed by atoms with E-state index in [9.17, 15) is 21.6 Å². The van der Waals surface area contributed by atoms with Crippen molar-refractivity contribution in [2.75, 3.05) is 29.9 Å². The molecule has 2 N–H and O–H groups in total. The Bertz CT molecular complexity index is 1420. The van der Waals surface area contributed by atoms with E-state index >= 15 is 0 Å². The highest BCUT2D eigenvalue weighted by Gasteiger charge is 2.25. The van der Waals surface area contributed by atoms with Crippen LogP contribution in [0.15, 0.2) is 36.7 Å². The van der Waals surface area contributed by atoms with Crippen LogP contribution in [0.1, 0.15) is 39.0 Å². The summed E-state index contributed by atoms with van der Waals surface area (Å²) in [6.45, 7) is 1.58. The quantitative estimate of drug-likeness (QED) is 0.324. The summed E-state index contributed by atoms with van der Waals surface area (Å²) in [5.74, 6) is -5.54. The topological polar surface area (TPSA) is 109 Å². The Balaban J connectivity index is 1.56. The predicted molar refractivity (Wildman–Crippen MR) is 143 cm³/mol. The van der Waals surface area contributed by atoms with Crippen LogP contribution in [0.3, 0.4) is 0 Å². The first-order valence-electron chi connectivity index (χ1n) is 12.6. The number of halogens is 3. The summed E-state index contributed by atoms with van der Waals surface area (Å²) in [7, 11) is 0.105. The number of benzene rings is 1. The van der Waals surface area contributed by atoms with Crippen LogP contribution in [0.4, 0.5) is 24.8 Å². The van der Waals surface area contributed by atoms with E-state index in [1.807, 2.05) is 0 Å². The van der Waals surface area contributed by atoms with Crippen LogP contribution in [0, 0.1) is 17.5 Å². The lowest BCUT2D eigenvalue weighted by atomic mass is 9.91. The van der Waals surface area contributed by atoms with E-state index in [0.717, 1.165) is 25.7 Å². The van der Waals surface area contributed by atoms with Gasteiger partial charge in [0.25, 0.3) is 0 Å². The maximum absolute atomic E-state index is 14.9. The fourth-order valence-electron chi connectivity index (χ4n) is 4.49. The minimum Gasteiger partial charge on any atom is -0.435 e.